The van der Waals surface area contributed by atoms with Gasteiger partial charge in [0, 0.05) is 21.4 Å². The van der Waals surface area contributed by atoms with Crippen LogP contribution in [0, 0.1) is 20.8 Å². The number of rotatable bonds is 6. The quantitative estimate of drug-likeness (QED) is 0.264. The van der Waals surface area contributed by atoms with E-state index < -0.39 is 0 Å². The molecule has 0 atom stereocenters. The summed E-state index contributed by atoms with van der Waals surface area (Å²) in [5, 5.41) is 4.40. The number of ether oxygens (including phenoxy) is 1. The molecular weight excluding hydrogens is 466 g/mol. The van der Waals surface area contributed by atoms with Gasteiger partial charge in [-0.3, -0.25) is 10.1 Å². The van der Waals surface area contributed by atoms with Gasteiger partial charge in [-0.05, 0) is 69.2 Å². The normalized spacial score (nSPS) is 11.0. The van der Waals surface area contributed by atoms with Crippen LogP contribution in [0.4, 0.5) is 5.13 Å². The second-order valence-corrected chi connectivity index (χ2v) is 9.91. The lowest BCUT2D eigenvalue weighted by molar-refractivity contribution is 0.102. The number of benzene rings is 3. The summed E-state index contributed by atoms with van der Waals surface area (Å²) < 4.78 is 5.66. The molecule has 5 rings (SSSR count). The fourth-order valence-electron chi connectivity index (χ4n) is 4.19. The number of aryl methyl sites for hydroxylation is 3. The predicted octanol–water partition coefficient (Wildman–Crippen LogP) is 7.60. The minimum atomic E-state index is -0.212. The van der Waals surface area contributed by atoms with Crippen LogP contribution in [0.1, 0.15) is 33.3 Å². The summed E-state index contributed by atoms with van der Waals surface area (Å²) in [4.78, 5) is 24.2. The van der Waals surface area contributed by atoms with E-state index in [0.29, 0.717) is 23.0 Å². The first kappa shape index (κ1) is 23.7. The Balaban J connectivity index is 1.51. The van der Waals surface area contributed by atoms with Crippen LogP contribution in [-0.4, -0.2) is 22.5 Å². The number of para-hydroxylation sites is 1. The van der Waals surface area contributed by atoms with Crippen LogP contribution in [0.25, 0.3) is 33.4 Å². The molecule has 36 heavy (non-hydrogen) atoms. The van der Waals surface area contributed by atoms with E-state index in [1.54, 1.807) is 0 Å². The van der Waals surface area contributed by atoms with Gasteiger partial charge in [0.1, 0.15) is 5.75 Å². The lowest BCUT2D eigenvalue weighted by Crippen LogP contribution is -2.13. The summed E-state index contributed by atoms with van der Waals surface area (Å²) in [7, 11) is 0. The van der Waals surface area contributed by atoms with Crippen molar-refractivity contribution in [2.24, 2.45) is 0 Å². The lowest BCUT2D eigenvalue weighted by Gasteiger charge is -2.11. The molecule has 2 heterocycles. The van der Waals surface area contributed by atoms with Gasteiger partial charge in [0.25, 0.3) is 5.91 Å². The van der Waals surface area contributed by atoms with Crippen LogP contribution in [0.3, 0.4) is 0 Å². The van der Waals surface area contributed by atoms with Crippen molar-refractivity contribution in [2.75, 3.05) is 11.9 Å². The average molecular weight is 494 g/mol. The Hall–Kier alpha value is -4.03. The summed E-state index contributed by atoms with van der Waals surface area (Å²) in [6, 6.07) is 23.6. The minimum absolute atomic E-state index is 0.212. The first-order valence-electron chi connectivity index (χ1n) is 11.9. The van der Waals surface area contributed by atoms with E-state index in [4.69, 9.17) is 14.7 Å². The third kappa shape index (κ3) is 4.72. The highest BCUT2D eigenvalue weighted by Crippen LogP contribution is 2.33. The SMILES string of the molecule is CCOc1cccc(-c2cc(C(=O)Nc3nc(-c4ccc(C)c(C)c4)c(C)s3)c3ccccc3n2)c1. The van der Waals surface area contributed by atoms with E-state index in [0.717, 1.165) is 38.4 Å². The molecule has 5 nitrogen and oxygen atoms in total. The molecule has 0 spiro atoms. The van der Waals surface area contributed by atoms with Gasteiger partial charge in [0.15, 0.2) is 5.13 Å². The number of fused-ring (bicyclic) bond motifs is 1. The van der Waals surface area contributed by atoms with Crippen molar-refractivity contribution in [1.82, 2.24) is 9.97 Å². The monoisotopic (exact) mass is 493 g/mol. The molecule has 0 saturated heterocycles. The zero-order valence-electron chi connectivity index (χ0n) is 20.8. The number of hydrogen-bond acceptors (Lipinski definition) is 5. The zero-order valence-corrected chi connectivity index (χ0v) is 21.6. The highest BCUT2D eigenvalue weighted by Gasteiger charge is 2.17. The van der Waals surface area contributed by atoms with E-state index in [-0.39, 0.29) is 5.91 Å². The highest BCUT2D eigenvalue weighted by atomic mass is 32.1. The molecule has 1 N–H and O–H groups in total. The predicted molar refractivity (Wildman–Crippen MR) is 148 cm³/mol. The fraction of sp³-hybridized carbons (Fsp3) is 0.167. The molecule has 3 aromatic carbocycles. The molecule has 0 unspecified atom stereocenters. The van der Waals surface area contributed by atoms with Crippen LogP contribution < -0.4 is 10.1 Å². The second kappa shape index (κ2) is 9.91. The first-order valence-corrected chi connectivity index (χ1v) is 12.7. The van der Waals surface area contributed by atoms with Crippen molar-refractivity contribution < 1.29 is 9.53 Å². The Kier molecular flexibility index (Phi) is 6.53. The van der Waals surface area contributed by atoms with Gasteiger partial charge in [0.05, 0.1) is 29.1 Å². The van der Waals surface area contributed by atoms with Crippen LogP contribution >= 0.6 is 11.3 Å². The van der Waals surface area contributed by atoms with Gasteiger partial charge >= 0.3 is 0 Å². The lowest BCUT2D eigenvalue weighted by atomic mass is 10.0. The summed E-state index contributed by atoms with van der Waals surface area (Å²) in [6.07, 6.45) is 0. The maximum Gasteiger partial charge on any atom is 0.258 e. The number of nitrogens with zero attached hydrogens (tertiary/aromatic N) is 2. The number of aromatic nitrogens is 2. The number of pyridine rings is 1. The number of amides is 1. The zero-order chi connectivity index (χ0) is 25.2. The number of carbonyl (C=O) groups is 1. The number of thiazole rings is 1. The van der Waals surface area contributed by atoms with Gasteiger partial charge in [-0.25, -0.2) is 9.97 Å². The molecule has 180 valence electrons. The third-order valence-electron chi connectivity index (χ3n) is 6.20. The molecule has 0 aliphatic rings. The van der Waals surface area contributed by atoms with E-state index in [2.05, 4.69) is 37.4 Å². The molecule has 0 radical (unpaired) electrons. The summed E-state index contributed by atoms with van der Waals surface area (Å²) in [5.41, 5.74) is 7.33. The molecule has 0 aliphatic heterocycles. The Morgan fingerprint density at radius 1 is 0.889 bits per heavy atom. The number of carbonyl (C=O) groups excluding carboxylic acids is 1. The van der Waals surface area contributed by atoms with Crippen LogP contribution in [-0.2, 0) is 0 Å². The molecule has 0 fully saturated rings. The van der Waals surface area contributed by atoms with Crippen molar-refractivity contribution in [1.29, 1.82) is 0 Å². The maximum absolute atomic E-state index is 13.5. The van der Waals surface area contributed by atoms with Crippen LogP contribution in [0.5, 0.6) is 5.75 Å². The summed E-state index contributed by atoms with van der Waals surface area (Å²) >= 11 is 1.48. The van der Waals surface area contributed by atoms with Gasteiger partial charge in [-0.15, -0.1) is 11.3 Å². The Morgan fingerprint density at radius 2 is 1.72 bits per heavy atom. The fourth-order valence-corrected chi connectivity index (χ4v) is 5.02. The smallest absolute Gasteiger partial charge is 0.258 e. The van der Waals surface area contributed by atoms with Crippen molar-refractivity contribution in [3.05, 3.63) is 94.4 Å². The van der Waals surface area contributed by atoms with Crippen molar-refractivity contribution in [3.8, 4) is 28.3 Å². The summed E-state index contributed by atoms with van der Waals surface area (Å²) in [6.45, 7) is 8.76. The topological polar surface area (TPSA) is 64.1 Å². The Labute approximate surface area is 214 Å². The first-order chi connectivity index (χ1) is 17.4. The maximum atomic E-state index is 13.5. The molecule has 1 amide bonds. The van der Waals surface area contributed by atoms with Gasteiger partial charge < -0.3 is 4.74 Å². The van der Waals surface area contributed by atoms with Gasteiger partial charge in [-0.2, -0.15) is 0 Å². The molecular formula is C30H27N3O2S. The Bertz CT molecular complexity index is 1590. The molecule has 6 heteroatoms. The average Bonchev–Trinajstić information content (AvgIpc) is 3.25. The van der Waals surface area contributed by atoms with E-state index >= 15 is 0 Å². The number of nitrogens with one attached hydrogen (secondary N) is 1. The van der Waals surface area contributed by atoms with Gasteiger partial charge in [-0.1, -0.05) is 42.5 Å². The summed E-state index contributed by atoms with van der Waals surface area (Å²) in [5.74, 6) is 0.560. The molecule has 0 aliphatic carbocycles. The molecule has 0 bridgehead atoms. The van der Waals surface area contributed by atoms with Crippen LogP contribution in [0.2, 0.25) is 0 Å². The van der Waals surface area contributed by atoms with Crippen molar-refractivity contribution >= 4 is 33.3 Å². The van der Waals surface area contributed by atoms with Crippen LogP contribution in [0.15, 0.2) is 72.8 Å². The molecule has 0 saturated carbocycles. The van der Waals surface area contributed by atoms with E-state index in [1.165, 1.54) is 22.5 Å². The largest absolute Gasteiger partial charge is 0.494 e. The second-order valence-electron chi connectivity index (χ2n) is 8.71. The van der Waals surface area contributed by atoms with E-state index in [1.807, 2.05) is 68.4 Å². The molecule has 2 aromatic heterocycles. The Morgan fingerprint density at radius 3 is 2.53 bits per heavy atom. The standard InChI is InChI=1S/C30H27N3O2S/c1-5-35-23-10-8-9-21(16-23)27-17-25(24-11-6-7-12-26(24)31-27)29(34)33-30-32-28(20(4)36-30)22-14-13-18(2)19(3)15-22/h6-17H,5H2,1-4H3,(H,32,33,34). The number of hydrogen-bond donors (Lipinski definition) is 1. The third-order valence-corrected chi connectivity index (χ3v) is 7.09. The minimum Gasteiger partial charge on any atom is -0.494 e. The van der Waals surface area contributed by atoms with E-state index in [9.17, 15) is 4.79 Å². The van der Waals surface area contributed by atoms with Crippen molar-refractivity contribution in [2.45, 2.75) is 27.7 Å². The highest BCUT2D eigenvalue weighted by molar-refractivity contribution is 7.16. The molecule has 5 aromatic rings. The van der Waals surface area contributed by atoms with Crippen molar-refractivity contribution in [3.63, 3.8) is 0 Å². The number of anilines is 1. The van der Waals surface area contributed by atoms with Gasteiger partial charge in [0.2, 0.25) is 0 Å².